The predicted molar refractivity (Wildman–Crippen MR) is 151 cm³/mol. The standard InChI is InChI=1S/C30H41N3O4S/c1-5-16-31(20-22-12-8-7-9-13-22)27(35)24-23-14-15-30(38-23)25(24)28(36)33(18-10-11-19-34)26(30)29(37)32(17-6-2)21(3)4/h5-9,12-13,21,23-26,34H,1-2,10-11,14-20H2,3-4H3/t23-,24+,25+,26?,30?/m1/s1. The summed E-state index contributed by atoms with van der Waals surface area (Å²) in [7, 11) is 0. The SMILES string of the molecule is C=CCN(Cc1ccccc1)C(=O)[C@@H]1[C@H]2C(=O)N(CCCCO)C(C(=O)N(CC=C)C(C)C)C23CC[C@H]1S3. The summed E-state index contributed by atoms with van der Waals surface area (Å²) in [5, 5.41) is 9.39. The molecule has 0 radical (unpaired) electrons. The molecule has 5 atom stereocenters. The summed E-state index contributed by atoms with van der Waals surface area (Å²) >= 11 is 1.70. The number of hydrogen-bond acceptors (Lipinski definition) is 5. The Hall–Kier alpha value is -2.58. The van der Waals surface area contributed by atoms with Crippen LogP contribution in [0.3, 0.4) is 0 Å². The van der Waals surface area contributed by atoms with Crippen LogP contribution in [0.5, 0.6) is 0 Å². The van der Waals surface area contributed by atoms with Gasteiger partial charge in [-0.2, -0.15) is 0 Å². The molecule has 3 aliphatic rings. The van der Waals surface area contributed by atoms with E-state index >= 15 is 0 Å². The fraction of sp³-hybridized carbons (Fsp3) is 0.567. The first kappa shape index (κ1) is 28.4. The van der Waals surface area contributed by atoms with Crippen LogP contribution in [-0.2, 0) is 20.9 Å². The van der Waals surface area contributed by atoms with E-state index in [-0.39, 0.29) is 35.6 Å². The van der Waals surface area contributed by atoms with Crippen molar-refractivity contribution in [2.24, 2.45) is 11.8 Å². The van der Waals surface area contributed by atoms with Gasteiger partial charge in [0.1, 0.15) is 6.04 Å². The van der Waals surface area contributed by atoms with Gasteiger partial charge in [0.05, 0.1) is 16.6 Å². The van der Waals surface area contributed by atoms with Crippen molar-refractivity contribution >= 4 is 29.5 Å². The van der Waals surface area contributed by atoms with E-state index in [9.17, 15) is 19.5 Å². The molecular weight excluding hydrogens is 498 g/mol. The summed E-state index contributed by atoms with van der Waals surface area (Å²) in [5.41, 5.74) is 1.03. The minimum absolute atomic E-state index is 0.0151. The number of hydrogen-bond donors (Lipinski definition) is 1. The molecule has 3 amide bonds. The van der Waals surface area contributed by atoms with E-state index in [1.165, 1.54) is 0 Å². The van der Waals surface area contributed by atoms with Crippen molar-refractivity contribution in [3.63, 3.8) is 0 Å². The quantitative estimate of drug-likeness (QED) is 0.307. The number of aliphatic hydroxyl groups excluding tert-OH is 1. The topological polar surface area (TPSA) is 81.2 Å². The van der Waals surface area contributed by atoms with Crippen molar-refractivity contribution in [2.75, 3.05) is 26.2 Å². The van der Waals surface area contributed by atoms with E-state index < -0.39 is 22.6 Å². The van der Waals surface area contributed by atoms with Crippen molar-refractivity contribution < 1.29 is 19.5 Å². The zero-order chi connectivity index (χ0) is 27.4. The van der Waals surface area contributed by atoms with Gasteiger partial charge in [-0.3, -0.25) is 14.4 Å². The number of nitrogens with zero attached hydrogens (tertiary/aromatic N) is 3. The van der Waals surface area contributed by atoms with Gasteiger partial charge in [-0.05, 0) is 45.1 Å². The van der Waals surface area contributed by atoms with Gasteiger partial charge in [0.2, 0.25) is 17.7 Å². The molecule has 4 rings (SSSR count). The van der Waals surface area contributed by atoms with Gasteiger partial charge in [-0.1, -0.05) is 42.5 Å². The van der Waals surface area contributed by atoms with Crippen LogP contribution >= 0.6 is 11.8 Å². The molecule has 1 spiro atoms. The lowest BCUT2D eigenvalue weighted by atomic mass is 9.70. The molecule has 0 saturated carbocycles. The molecule has 206 valence electrons. The Morgan fingerprint density at radius 1 is 1.16 bits per heavy atom. The maximum atomic E-state index is 14.2. The highest BCUT2D eigenvalue weighted by molar-refractivity contribution is 8.02. The van der Waals surface area contributed by atoms with E-state index in [2.05, 4.69) is 13.2 Å². The summed E-state index contributed by atoms with van der Waals surface area (Å²) < 4.78 is -0.612. The lowest BCUT2D eigenvalue weighted by Crippen LogP contribution is -2.56. The van der Waals surface area contributed by atoms with E-state index in [4.69, 9.17) is 0 Å². The smallest absolute Gasteiger partial charge is 0.247 e. The van der Waals surface area contributed by atoms with Crippen molar-refractivity contribution in [1.82, 2.24) is 14.7 Å². The summed E-state index contributed by atoms with van der Waals surface area (Å²) in [5.74, 6) is -1.16. The highest BCUT2D eigenvalue weighted by Crippen LogP contribution is 2.66. The average Bonchev–Trinajstić information content (AvgIpc) is 3.54. The Bertz CT molecular complexity index is 1050. The number of carbonyl (C=O) groups is 3. The van der Waals surface area contributed by atoms with E-state index in [1.807, 2.05) is 44.2 Å². The number of carbonyl (C=O) groups excluding carboxylic acids is 3. The molecular formula is C30H41N3O4S. The number of amides is 3. The Morgan fingerprint density at radius 3 is 2.50 bits per heavy atom. The number of benzene rings is 1. The van der Waals surface area contributed by atoms with E-state index in [1.54, 1.807) is 38.6 Å². The van der Waals surface area contributed by atoms with Gasteiger partial charge in [-0.15, -0.1) is 24.9 Å². The second-order valence-electron chi connectivity index (χ2n) is 10.9. The Kier molecular flexibility index (Phi) is 9.04. The molecule has 7 nitrogen and oxygen atoms in total. The first-order chi connectivity index (χ1) is 18.3. The number of aliphatic hydroxyl groups is 1. The number of unbranched alkanes of at least 4 members (excludes halogenated alkanes) is 1. The summed E-state index contributed by atoms with van der Waals surface area (Å²) in [6.45, 7) is 13.4. The first-order valence-electron chi connectivity index (χ1n) is 13.7. The molecule has 38 heavy (non-hydrogen) atoms. The number of likely N-dealkylation sites (tertiary alicyclic amines) is 1. The van der Waals surface area contributed by atoms with E-state index in [0.717, 1.165) is 18.4 Å². The Labute approximate surface area is 230 Å². The summed E-state index contributed by atoms with van der Waals surface area (Å²) in [4.78, 5) is 47.8. The third-order valence-electron chi connectivity index (χ3n) is 8.24. The Morgan fingerprint density at radius 2 is 1.87 bits per heavy atom. The van der Waals surface area contributed by atoms with Crippen molar-refractivity contribution in [3.05, 3.63) is 61.2 Å². The highest BCUT2D eigenvalue weighted by atomic mass is 32.2. The van der Waals surface area contributed by atoms with Crippen molar-refractivity contribution in [2.45, 2.75) is 68.2 Å². The van der Waals surface area contributed by atoms with Gasteiger partial charge in [0.25, 0.3) is 0 Å². The van der Waals surface area contributed by atoms with Crippen LogP contribution < -0.4 is 0 Å². The largest absolute Gasteiger partial charge is 0.396 e. The number of thioether (sulfide) groups is 1. The normalized spacial score (nSPS) is 27.5. The molecule has 2 bridgehead atoms. The first-order valence-corrected chi connectivity index (χ1v) is 14.6. The minimum Gasteiger partial charge on any atom is -0.396 e. The molecule has 3 aliphatic heterocycles. The second-order valence-corrected chi connectivity index (χ2v) is 12.5. The molecule has 2 unspecified atom stereocenters. The van der Waals surface area contributed by atoms with Crippen molar-refractivity contribution in [1.29, 1.82) is 0 Å². The average molecular weight is 540 g/mol. The minimum atomic E-state index is -0.615. The molecule has 1 aromatic carbocycles. The molecule has 3 fully saturated rings. The third kappa shape index (κ3) is 5.05. The predicted octanol–water partition coefficient (Wildman–Crippen LogP) is 3.49. The van der Waals surface area contributed by atoms with Gasteiger partial charge < -0.3 is 19.8 Å². The van der Waals surface area contributed by atoms with Crippen LogP contribution in [0.15, 0.2) is 55.6 Å². The lowest BCUT2D eigenvalue weighted by molar-refractivity contribution is -0.145. The van der Waals surface area contributed by atoms with E-state index in [0.29, 0.717) is 39.0 Å². The zero-order valence-corrected chi connectivity index (χ0v) is 23.4. The van der Waals surface area contributed by atoms with Crippen LogP contribution in [0.4, 0.5) is 0 Å². The summed E-state index contributed by atoms with van der Waals surface area (Å²) in [6, 6.07) is 9.21. The molecule has 8 heteroatoms. The molecule has 0 aromatic heterocycles. The maximum Gasteiger partial charge on any atom is 0.247 e. The molecule has 3 saturated heterocycles. The van der Waals surface area contributed by atoms with Crippen molar-refractivity contribution in [3.8, 4) is 0 Å². The van der Waals surface area contributed by atoms with Crippen LogP contribution in [0, 0.1) is 11.8 Å². The summed E-state index contributed by atoms with van der Waals surface area (Å²) in [6.07, 6.45) is 6.19. The van der Waals surface area contributed by atoms with Gasteiger partial charge in [-0.25, -0.2) is 0 Å². The third-order valence-corrected chi connectivity index (χ3v) is 10.2. The highest BCUT2D eigenvalue weighted by Gasteiger charge is 2.74. The van der Waals surface area contributed by atoms with Gasteiger partial charge >= 0.3 is 0 Å². The van der Waals surface area contributed by atoms with Crippen LogP contribution in [-0.4, -0.2) is 85.8 Å². The molecule has 1 N–H and O–H groups in total. The number of rotatable bonds is 13. The monoisotopic (exact) mass is 539 g/mol. The Balaban J connectivity index is 1.69. The fourth-order valence-corrected chi connectivity index (χ4v) is 8.81. The van der Waals surface area contributed by atoms with Crippen LogP contribution in [0.25, 0.3) is 0 Å². The molecule has 3 heterocycles. The lowest BCUT2D eigenvalue weighted by Gasteiger charge is -2.38. The fourth-order valence-electron chi connectivity index (χ4n) is 6.60. The molecule has 1 aromatic rings. The second kappa shape index (κ2) is 12.1. The number of fused-ring (bicyclic) bond motifs is 1. The maximum absolute atomic E-state index is 14.2. The molecule has 0 aliphatic carbocycles. The zero-order valence-electron chi connectivity index (χ0n) is 22.6. The van der Waals surface area contributed by atoms with Gasteiger partial charge in [0.15, 0.2) is 0 Å². The van der Waals surface area contributed by atoms with Crippen LogP contribution in [0.2, 0.25) is 0 Å². The van der Waals surface area contributed by atoms with Gasteiger partial charge in [0, 0.05) is 44.1 Å². The van der Waals surface area contributed by atoms with Crippen LogP contribution in [0.1, 0.15) is 45.1 Å².